The van der Waals surface area contributed by atoms with Crippen molar-refractivity contribution in [3.05, 3.63) is 35.6 Å². The average Bonchev–Trinajstić information content (AvgIpc) is 2.48. The summed E-state index contributed by atoms with van der Waals surface area (Å²) < 4.78 is 13.7. The van der Waals surface area contributed by atoms with Gasteiger partial charge in [-0.25, -0.2) is 4.39 Å². The number of hydrogen-bond donors (Lipinski definition) is 1. The van der Waals surface area contributed by atoms with E-state index in [1.165, 1.54) is 6.07 Å². The van der Waals surface area contributed by atoms with E-state index in [1.54, 1.807) is 18.2 Å². The summed E-state index contributed by atoms with van der Waals surface area (Å²) in [6, 6.07) is 6.64. The van der Waals surface area contributed by atoms with E-state index in [9.17, 15) is 9.18 Å². The third-order valence-electron chi connectivity index (χ3n) is 4.06. The fourth-order valence-corrected chi connectivity index (χ4v) is 2.74. The van der Waals surface area contributed by atoms with E-state index in [0.29, 0.717) is 31.6 Å². The van der Waals surface area contributed by atoms with Crippen molar-refractivity contribution >= 4 is 5.91 Å². The number of benzene rings is 1. The van der Waals surface area contributed by atoms with Crippen molar-refractivity contribution in [2.45, 2.75) is 19.3 Å². The first-order valence-corrected chi connectivity index (χ1v) is 7.47. The summed E-state index contributed by atoms with van der Waals surface area (Å²) in [5, 5.41) is 8.91. The number of amides is 1. The third-order valence-corrected chi connectivity index (χ3v) is 4.06. The van der Waals surface area contributed by atoms with E-state index >= 15 is 0 Å². The van der Waals surface area contributed by atoms with Crippen molar-refractivity contribution in [3.8, 4) is 0 Å². The average molecular weight is 294 g/mol. The van der Waals surface area contributed by atoms with Gasteiger partial charge in [-0.2, -0.15) is 0 Å². The molecule has 1 aromatic rings. The standard InChI is InChI=1S/C16H23FN2O2/c1-13(14-4-2-3-5-15(14)17)12-16(21)19-8-6-18(7-9-19)10-11-20/h2-5,13,20H,6-12H2,1H3/t13-/m1/s1. The van der Waals surface area contributed by atoms with Crippen LogP contribution in [0.4, 0.5) is 4.39 Å². The molecule has 1 heterocycles. The molecule has 1 saturated heterocycles. The fraction of sp³-hybridized carbons (Fsp3) is 0.562. The lowest BCUT2D eigenvalue weighted by Gasteiger charge is -2.34. The number of carbonyl (C=O) groups is 1. The van der Waals surface area contributed by atoms with Crippen LogP contribution in [0.2, 0.25) is 0 Å². The van der Waals surface area contributed by atoms with Gasteiger partial charge in [0.15, 0.2) is 0 Å². The van der Waals surface area contributed by atoms with Crippen LogP contribution in [0, 0.1) is 5.82 Å². The highest BCUT2D eigenvalue weighted by atomic mass is 19.1. The van der Waals surface area contributed by atoms with Crippen LogP contribution < -0.4 is 0 Å². The first-order valence-electron chi connectivity index (χ1n) is 7.47. The summed E-state index contributed by atoms with van der Waals surface area (Å²) in [6.45, 7) is 5.65. The largest absolute Gasteiger partial charge is 0.395 e. The molecule has 1 amide bonds. The molecule has 1 aliphatic heterocycles. The zero-order chi connectivity index (χ0) is 15.2. The number of aliphatic hydroxyl groups is 1. The Morgan fingerprint density at radius 2 is 1.95 bits per heavy atom. The molecule has 0 saturated carbocycles. The predicted octanol–water partition coefficient (Wildman–Crippen LogP) is 1.46. The monoisotopic (exact) mass is 294 g/mol. The van der Waals surface area contributed by atoms with Gasteiger partial charge in [-0.05, 0) is 17.5 Å². The number of β-amino-alcohol motifs (C(OH)–C–C–N with tert-alkyl or cyclic N) is 1. The van der Waals surface area contributed by atoms with Crippen molar-refractivity contribution in [3.63, 3.8) is 0 Å². The second-order valence-corrected chi connectivity index (χ2v) is 5.57. The van der Waals surface area contributed by atoms with Gasteiger partial charge in [0.05, 0.1) is 6.61 Å². The SMILES string of the molecule is C[C@H](CC(=O)N1CCN(CCO)CC1)c1ccccc1F. The van der Waals surface area contributed by atoms with Gasteiger partial charge in [0.1, 0.15) is 5.82 Å². The van der Waals surface area contributed by atoms with E-state index < -0.39 is 0 Å². The summed E-state index contributed by atoms with van der Waals surface area (Å²) >= 11 is 0. The molecule has 1 aliphatic rings. The molecule has 0 aromatic heterocycles. The van der Waals surface area contributed by atoms with Crippen LogP contribution in [0.25, 0.3) is 0 Å². The van der Waals surface area contributed by atoms with E-state index in [0.717, 1.165) is 13.1 Å². The Kier molecular flexibility index (Phi) is 5.70. The molecule has 1 aromatic carbocycles. The third kappa shape index (κ3) is 4.25. The second kappa shape index (κ2) is 7.52. The summed E-state index contributed by atoms with van der Waals surface area (Å²) in [5.74, 6) is -0.283. The number of halogens is 1. The van der Waals surface area contributed by atoms with Crippen molar-refractivity contribution in [2.75, 3.05) is 39.3 Å². The number of hydrogen-bond acceptors (Lipinski definition) is 3. The summed E-state index contributed by atoms with van der Waals surface area (Å²) in [6.07, 6.45) is 0.334. The topological polar surface area (TPSA) is 43.8 Å². The lowest BCUT2D eigenvalue weighted by molar-refractivity contribution is -0.133. The van der Waals surface area contributed by atoms with Crippen LogP contribution in [0.3, 0.4) is 0 Å². The van der Waals surface area contributed by atoms with Crippen LogP contribution in [0.15, 0.2) is 24.3 Å². The molecule has 4 nitrogen and oxygen atoms in total. The minimum absolute atomic E-state index is 0.0781. The molecule has 5 heteroatoms. The molecule has 0 unspecified atom stereocenters. The molecule has 1 atom stereocenters. The number of aliphatic hydroxyl groups excluding tert-OH is 1. The lowest BCUT2D eigenvalue weighted by atomic mass is 9.96. The lowest BCUT2D eigenvalue weighted by Crippen LogP contribution is -2.49. The van der Waals surface area contributed by atoms with Crippen molar-refractivity contribution in [1.82, 2.24) is 9.80 Å². The smallest absolute Gasteiger partial charge is 0.223 e. The summed E-state index contributed by atoms with van der Waals surface area (Å²) in [7, 11) is 0. The van der Waals surface area contributed by atoms with Gasteiger partial charge in [0.2, 0.25) is 5.91 Å². The van der Waals surface area contributed by atoms with Crippen LogP contribution in [-0.4, -0.2) is 60.1 Å². The number of carbonyl (C=O) groups excluding carboxylic acids is 1. The summed E-state index contributed by atoms with van der Waals surface area (Å²) in [5.41, 5.74) is 0.602. The Hall–Kier alpha value is -1.46. The maximum Gasteiger partial charge on any atom is 0.223 e. The first-order chi connectivity index (χ1) is 10.1. The van der Waals surface area contributed by atoms with Gasteiger partial charge in [-0.3, -0.25) is 9.69 Å². The van der Waals surface area contributed by atoms with Gasteiger partial charge < -0.3 is 10.0 Å². The molecular weight excluding hydrogens is 271 g/mol. The fourth-order valence-electron chi connectivity index (χ4n) is 2.74. The van der Waals surface area contributed by atoms with Gasteiger partial charge in [0.25, 0.3) is 0 Å². The number of piperazine rings is 1. The van der Waals surface area contributed by atoms with Crippen LogP contribution in [0.1, 0.15) is 24.8 Å². The highest BCUT2D eigenvalue weighted by molar-refractivity contribution is 5.77. The number of nitrogens with zero attached hydrogens (tertiary/aromatic N) is 2. The Morgan fingerprint density at radius 1 is 1.29 bits per heavy atom. The molecule has 2 rings (SSSR count). The second-order valence-electron chi connectivity index (χ2n) is 5.57. The van der Waals surface area contributed by atoms with Crippen molar-refractivity contribution < 1.29 is 14.3 Å². The molecule has 0 radical (unpaired) electrons. The minimum Gasteiger partial charge on any atom is -0.395 e. The Bertz CT molecular complexity index is 473. The highest BCUT2D eigenvalue weighted by Crippen LogP contribution is 2.22. The van der Waals surface area contributed by atoms with Gasteiger partial charge in [-0.15, -0.1) is 0 Å². The van der Waals surface area contributed by atoms with E-state index in [4.69, 9.17) is 5.11 Å². The predicted molar refractivity (Wildman–Crippen MR) is 79.5 cm³/mol. The van der Waals surface area contributed by atoms with Crippen LogP contribution in [0.5, 0.6) is 0 Å². The van der Waals surface area contributed by atoms with Gasteiger partial charge in [0, 0.05) is 39.1 Å². The Balaban J connectivity index is 1.86. The molecule has 1 N–H and O–H groups in total. The molecule has 0 aliphatic carbocycles. The Labute approximate surface area is 125 Å². The maximum absolute atomic E-state index is 13.7. The van der Waals surface area contributed by atoms with E-state index in [-0.39, 0.29) is 24.2 Å². The molecule has 1 fully saturated rings. The van der Waals surface area contributed by atoms with Crippen LogP contribution >= 0.6 is 0 Å². The quantitative estimate of drug-likeness (QED) is 0.894. The molecule has 0 spiro atoms. The van der Waals surface area contributed by atoms with E-state index in [2.05, 4.69) is 4.90 Å². The van der Waals surface area contributed by atoms with Crippen LogP contribution in [-0.2, 0) is 4.79 Å². The highest BCUT2D eigenvalue weighted by Gasteiger charge is 2.23. The summed E-state index contributed by atoms with van der Waals surface area (Å²) in [4.78, 5) is 16.3. The zero-order valence-electron chi connectivity index (χ0n) is 12.5. The normalized spacial score (nSPS) is 17.8. The van der Waals surface area contributed by atoms with Gasteiger partial charge >= 0.3 is 0 Å². The van der Waals surface area contributed by atoms with Crippen molar-refractivity contribution in [1.29, 1.82) is 0 Å². The number of rotatable bonds is 5. The molecule has 0 bridgehead atoms. The van der Waals surface area contributed by atoms with E-state index in [1.807, 2.05) is 11.8 Å². The molecule has 21 heavy (non-hydrogen) atoms. The first kappa shape index (κ1) is 15.9. The molecule has 116 valence electrons. The maximum atomic E-state index is 13.7. The molecular formula is C16H23FN2O2. The Morgan fingerprint density at radius 3 is 2.57 bits per heavy atom. The van der Waals surface area contributed by atoms with Crippen molar-refractivity contribution in [2.24, 2.45) is 0 Å². The van der Waals surface area contributed by atoms with Gasteiger partial charge in [-0.1, -0.05) is 25.1 Å². The zero-order valence-corrected chi connectivity index (χ0v) is 12.5. The minimum atomic E-state index is -0.245.